The number of hydrogen-bond donors (Lipinski definition) is 1. The standard InChI is InChI=1S/C19H16FN3O2S2/c1-25-15-9-6-13(7-10-15)8-11-17(24)21-18-22-23-19(27-18)26-12-14-4-2-3-5-16(14)20/h2-11H,12H2,1H3,(H,21,22,24)/b11-8+. The number of carbonyl (C=O) groups is 1. The van der Waals surface area contributed by atoms with Crippen LogP contribution in [0.5, 0.6) is 5.75 Å². The van der Waals surface area contributed by atoms with Crippen LogP contribution in [0.2, 0.25) is 0 Å². The zero-order valence-corrected chi connectivity index (χ0v) is 16.0. The largest absolute Gasteiger partial charge is 0.497 e. The number of thioether (sulfide) groups is 1. The summed E-state index contributed by atoms with van der Waals surface area (Å²) in [5.41, 5.74) is 1.48. The lowest BCUT2D eigenvalue weighted by Crippen LogP contribution is -2.07. The minimum absolute atomic E-state index is 0.244. The summed E-state index contributed by atoms with van der Waals surface area (Å²) >= 11 is 2.62. The van der Waals surface area contributed by atoms with Gasteiger partial charge >= 0.3 is 0 Å². The smallest absolute Gasteiger partial charge is 0.250 e. The van der Waals surface area contributed by atoms with E-state index in [9.17, 15) is 9.18 Å². The van der Waals surface area contributed by atoms with Gasteiger partial charge in [0.05, 0.1) is 7.11 Å². The summed E-state index contributed by atoms with van der Waals surface area (Å²) in [4.78, 5) is 12.0. The van der Waals surface area contributed by atoms with Gasteiger partial charge in [-0.25, -0.2) is 4.39 Å². The summed E-state index contributed by atoms with van der Waals surface area (Å²) in [6, 6.07) is 14.0. The highest BCUT2D eigenvalue weighted by molar-refractivity contribution is 8.00. The molecule has 0 aliphatic heterocycles. The number of methoxy groups -OCH3 is 1. The fourth-order valence-corrected chi connectivity index (χ4v) is 3.85. The van der Waals surface area contributed by atoms with Crippen LogP contribution in [-0.4, -0.2) is 23.2 Å². The molecule has 0 radical (unpaired) electrons. The number of amides is 1. The van der Waals surface area contributed by atoms with Crippen molar-refractivity contribution in [3.8, 4) is 5.75 Å². The average Bonchev–Trinajstić information content (AvgIpc) is 3.13. The number of hydrogen-bond acceptors (Lipinski definition) is 6. The van der Waals surface area contributed by atoms with Crippen LogP contribution in [0.3, 0.4) is 0 Å². The molecule has 0 aliphatic carbocycles. The summed E-state index contributed by atoms with van der Waals surface area (Å²) in [6.45, 7) is 0. The number of anilines is 1. The number of carbonyl (C=O) groups excluding carboxylic acids is 1. The van der Waals surface area contributed by atoms with Crippen molar-refractivity contribution in [3.63, 3.8) is 0 Å². The first kappa shape index (κ1) is 19.1. The van der Waals surface area contributed by atoms with Crippen LogP contribution in [0.4, 0.5) is 9.52 Å². The molecule has 2 aromatic carbocycles. The van der Waals surface area contributed by atoms with Crippen molar-refractivity contribution >= 4 is 40.2 Å². The predicted molar refractivity (Wildman–Crippen MR) is 107 cm³/mol. The Morgan fingerprint density at radius 2 is 2.00 bits per heavy atom. The van der Waals surface area contributed by atoms with Gasteiger partial charge in [0.1, 0.15) is 11.6 Å². The first-order chi connectivity index (χ1) is 13.1. The van der Waals surface area contributed by atoms with Gasteiger partial charge in [-0.15, -0.1) is 10.2 Å². The van der Waals surface area contributed by atoms with Gasteiger partial charge in [-0.2, -0.15) is 0 Å². The normalized spacial score (nSPS) is 10.9. The molecule has 1 aromatic heterocycles. The van der Waals surface area contributed by atoms with Crippen molar-refractivity contribution < 1.29 is 13.9 Å². The van der Waals surface area contributed by atoms with Gasteiger partial charge in [-0.1, -0.05) is 53.4 Å². The van der Waals surface area contributed by atoms with E-state index in [1.165, 1.54) is 35.2 Å². The molecule has 0 unspecified atom stereocenters. The Hall–Kier alpha value is -2.71. The Kier molecular flexibility index (Phi) is 6.56. The number of rotatable bonds is 7. The summed E-state index contributed by atoms with van der Waals surface area (Å²) in [5.74, 6) is 0.664. The predicted octanol–water partition coefficient (Wildman–Crippen LogP) is 4.63. The van der Waals surface area contributed by atoms with Crippen molar-refractivity contribution in [2.75, 3.05) is 12.4 Å². The van der Waals surface area contributed by atoms with E-state index in [1.54, 1.807) is 31.4 Å². The van der Waals surface area contributed by atoms with E-state index in [0.717, 1.165) is 11.3 Å². The average molecular weight is 401 g/mol. The van der Waals surface area contributed by atoms with Gasteiger partial charge < -0.3 is 4.74 Å². The fraction of sp³-hybridized carbons (Fsp3) is 0.105. The van der Waals surface area contributed by atoms with Crippen LogP contribution in [0, 0.1) is 5.82 Å². The van der Waals surface area contributed by atoms with Crippen LogP contribution in [0.25, 0.3) is 6.08 Å². The summed E-state index contributed by atoms with van der Waals surface area (Å²) in [5, 5.41) is 11.0. The maximum atomic E-state index is 13.6. The highest BCUT2D eigenvalue weighted by atomic mass is 32.2. The van der Waals surface area contributed by atoms with Gasteiger partial charge in [0, 0.05) is 11.8 Å². The number of benzene rings is 2. The molecule has 8 heteroatoms. The van der Waals surface area contributed by atoms with E-state index in [2.05, 4.69) is 15.5 Å². The maximum absolute atomic E-state index is 13.6. The number of halogens is 1. The van der Waals surface area contributed by atoms with Crippen LogP contribution >= 0.6 is 23.1 Å². The molecule has 27 heavy (non-hydrogen) atoms. The molecule has 1 amide bonds. The second kappa shape index (κ2) is 9.29. The molecule has 0 fully saturated rings. The Bertz CT molecular complexity index is 942. The fourth-order valence-electron chi connectivity index (χ4n) is 2.11. The number of nitrogens with one attached hydrogen (secondary N) is 1. The molecule has 138 valence electrons. The molecule has 0 bridgehead atoms. The second-order valence-corrected chi connectivity index (χ2v) is 7.55. The van der Waals surface area contributed by atoms with Crippen molar-refractivity contribution in [1.82, 2.24) is 10.2 Å². The van der Waals surface area contributed by atoms with E-state index in [0.29, 0.717) is 20.8 Å². The molecule has 0 spiro atoms. The van der Waals surface area contributed by atoms with E-state index in [4.69, 9.17) is 4.74 Å². The van der Waals surface area contributed by atoms with Gasteiger partial charge in [0.15, 0.2) is 4.34 Å². The van der Waals surface area contributed by atoms with E-state index >= 15 is 0 Å². The quantitative estimate of drug-likeness (QED) is 0.355. The Morgan fingerprint density at radius 3 is 2.74 bits per heavy atom. The second-order valence-electron chi connectivity index (χ2n) is 5.35. The third-order valence-corrected chi connectivity index (χ3v) is 5.51. The highest BCUT2D eigenvalue weighted by Gasteiger charge is 2.08. The van der Waals surface area contributed by atoms with Crippen molar-refractivity contribution in [1.29, 1.82) is 0 Å². The molecule has 0 atom stereocenters. The first-order valence-electron chi connectivity index (χ1n) is 7.97. The van der Waals surface area contributed by atoms with Gasteiger partial charge in [0.2, 0.25) is 11.0 Å². The van der Waals surface area contributed by atoms with E-state index in [1.807, 2.05) is 24.3 Å². The number of aromatic nitrogens is 2. The Labute approximate surface area is 164 Å². The lowest BCUT2D eigenvalue weighted by Gasteiger charge is -1.99. The summed E-state index contributed by atoms with van der Waals surface area (Å²) in [7, 11) is 1.60. The first-order valence-corrected chi connectivity index (χ1v) is 9.77. The Balaban J connectivity index is 1.52. The molecule has 1 N–H and O–H groups in total. The molecular weight excluding hydrogens is 385 g/mol. The maximum Gasteiger partial charge on any atom is 0.250 e. The van der Waals surface area contributed by atoms with Gasteiger partial charge in [-0.3, -0.25) is 10.1 Å². The molecule has 0 aliphatic rings. The zero-order valence-electron chi connectivity index (χ0n) is 14.4. The number of ether oxygens (including phenoxy) is 1. The third kappa shape index (κ3) is 5.63. The van der Waals surface area contributed by atoms with E-state index in [-0.39, 0.29) is 11.7 Å². The third-order valence-electron chi connectivity index (χ3n) is 3.49. The molecule has 0 saturated carbocycles. The molecule has 3 aromatic rings. The monoisotopic (exact) mass is 401 g/mol. The molecule has 0 saturated heterocycles. The van der Waals surface area contributed by atoms with Gasteiger partial charge in [0.25, 0.3) is 0 Å². The van der Waals surface area contributed by atoms with Crippen LogP contribution in [0.15, 0.2) is 58.9 Å². The topological polar surface area (TPSA) is 64.1 Å². The zero-order chi connectivity index (χ0) is 19.1. The molecule has 1 heterocycles. The molecular formula is C19H16FN3O2S2. The van der Waals surface area contributed by atoms with Crippen LogP contribution in [0.1, 0.15) is 11.1 Å². The lowest BCUT2D eigenvalue weighted by molar-refractivity contribution is -0.111. The van der Waals surface area contributed by atoms with Crippen molar-refractivity contribution in [2.45, 2.75) is 10.1 Å². The van der Waals surface area contributed by atoms with Crippen molar-refractivity contribution in [2.24, 2.45) is 0 Å². The minimum atomic E-state index is -0.298. The lowest BCUT2D eigenvalue weighted by atomic mass is 10.2. The Morgan fingerprint density at radius 1 is 1.22 bits per heavy atom. The van der Waals surface area contributed by atoms with Crippen LogP contribution in [-0.2, 0) is 10.5 Å². The summed E-state index contributed by atoms with van der Waals surface area (Å²) < 4.78 is 19.4. The van der Waals surface area contributed by atoms with Crippen LogP contribution < -0.4 is 10.1 Å². The number of nitrogens with zero attached hydrogens (tertiary/aromatic N) is 2. The summed E-state index contributed by atoms with van der Waals surface area (Å²) in [6.07, 6.45) is 3.12. The van der Waals surface area contributed by atoms with Crippen molar-refractivity contribution in [3.05, 3.63) is 71.6 Å². The minimum Gasteiger partial charge on any atom is -0.497 e. The van der Waals surface area contributed by atoms with Gasteiger partial charge in [-0.05, 0) is 35.4 Å². The van der Waals surface area contributed by atoms with E-state index < -0.39 is 0 Å². The SMILES string of the molecule is COc1ccc(/C=C/C(=O)Nc2nnc(SCc3ccccc3F)s2)cc1. The molecule has 3 rings (SSSR count). The molecule has 5 nitrogen and oxygen atoms in total. The highest BCUT2D eigenvalue weighted by Crippen LogP contribution is 2.29.